The number of ether oxygens (including phenoxy) is 1. The number of hydrogen-bond acceptors (Lipinski definition) is 3. The second-order valence-electron chi connectivity index (χ2n) is 5.82. The molecule has 0 aromatic heterocycles. The van der Waals surface area contributed by atoms with Crippen molar-refractivity contribution in [2.24, 2.45) is 0 Å². The molecule has 4 nitrogen and oxygen atoms in total. The molecule has 2 aromatic carbocycles. The summed E-state index contributed by atoms with van der Waals surface area (Å²) in [5.74, 6) is 0. The van der Waals surface area contributed by atoms with Crippen LogP contribution in [0.15, 0.2) is 42.5 Å². The van der Waals surface area contributed by atoms with Crippen molar-refractivity contribution in [2.45, 2.75) is 24.6 Å². The van der Waals surface area contributed by atoms with Gasteiger partial charge in [-0.3, -0.25) is 0 Å². The van der Waals surface area contributed by atoms with Crippen LogP contribution >= 0.6 is 0 Å². The summed E-state index contributed by atoms with van der Waals surface area (Å²) < 4.78 is 32.0. The monoisotopic (exact) mass is 319 g/mol. The molecule has 1 heterocycles. The summed E-state index contributed by atoms with van der Waals surface area (Å²) in [7, 11) is -1.65. The normalized spacial score (nSPS) is 19.6. The van der Waals surface area contributed by atoms with Gasteiger partial charge in [0.2, 0.25) is 10.0 Å². The third-order valence-electron chi connectivity index (χ3n) is 4.19. The van der Waals surface area contributed by atoms with E-state index >= 15 is 0 Å². The minimum absolute atomic E-state index is 0.310. The van der Waals surface area contributed by atoms with Gasteiger partial charge in [-0.25, -0.2) is 12.7 Å². The fourth-order valence-electron chi connectivity index (χ4n) is 2.88. The molecule has 0 amide bonds. The van der Waals surface area contributed by atoms with E-state index in [1.165, 1.54) is 4.31 Å². The third kappa shape index (κ3) is 3.16. The quantitative estimate of drug-likeness (QED) is 0.870. The van der Waals surface area contributed by atoms with Crippen molar-refractivity contribution < 1.29 is 13.2 Å². The fraction of sp³-hybridized carbons (Fsp3) is 0.412. The first-order chi connectivity index (χ1) is 10.6. The first-order valence-electron chi connectivity index (χ1n) is 7.58. The number of nitrogens with zero attached hydrogens (tertiary/aromatic N) is 1. The van der Waals surface area contributed by atoms with Gasteiger partial charge in [-0.2, -0.15) is 0 Å². The molecule has 0 aliphatic carbocycles. The van der Waals surface area contributed by atoms with Crippen LogP contribution in [-0.4, -0.2) is 38.2 Å². The number of sulfonamides is 1. The molecule has 0 bridgehead atoms. The Bertz CT molecular complexity index is 751. The molecule has 3 rings (SSSR count). The Balaban J connectivity index is 1.78. The molecule has 0 N–H and O–H groups in total. The van der Waals surface area contributed by atoms with Crippen LogP contribution in [0.25, 0.3) is 10.8 Å². The maximum Gasteiger partial charge on any atom is 0.219 e. The zero-order valence-corrected chi connectivity index (χ0v) is 13.6. The van der Waals surface area contributed by atoms with Crippen molar-refractivity contribution in [3.63, 3.8) is 0 Å². The predicted molar refractivity (Wildman–Crippen MR) is 88.2 cm³/mol. The van der Waals surface area contributed by atoms with Crippen molar-refractivity contribution in [1.82, 2.24) is 4.31 Å². The van der Waals surface area contributed by atoms with Gasteiger partial charge in [0.25, 0.3) is 0 Å². The van der Waals surface area contributed by atoms with E-state index in [0.29, 0.717) is 26.2 Å². The third-order valence-corrected chi connectivity index (χ3v) is 6.41. The first kappa shape index (κ1) is 15.5. The topological polar surface area (TPSA) is 46.6 Å². The van der Waals surface area contributed by atoms with Crippen LogP contribution in [0.1, 0.15) is 18.4 Å². The highest BCUT2D eigenvalue weighted by Gasteiger charge is 2.31. The average molecular weight is 319 g/mol. The predicted octanol–water partition coefficient (Wildman–Crippen LogP) is 2.78. The summed E-state index contributed by atoms with van der Waals surface area (Å²) in [5, 5.41) is 1.89. The summed E-state index contributed by atoms with van der Waals surface area (Å²) >= 11 is 0. The van der Waals surface area contributed by atoms with E-state index in [2.05, 4.69) is 12.1 Å². The van der Waals surface area contributed by atoms with Gasteiger partial charge < -0.3 is 4.74 Å². The Morgan fingerprint density at radius 3 is 2.68 bits per heavy atom. The van der Waals surface area contributed by atoms with Crippen molar-refractivity contribution in [3.8, 4) is 0 Å². The lowest BCUT2D eigenvalue weighted by molar-refractivity contribution is 0.0976. The van der Waals surface area contributed by atoms with E-state index in [4.69, 9.17) is 4.74 Å². The second kappa shape index (κ2) is 6.36. The van der Waals surface area contributed by atoms with Crippen LogP contribution in [0.5, 0.6) is 0 Å². The first-order valence-corrected chi connectivity index (χ1v) is 9.08. The molecule has 1 saturated heterocycles. The molecule has 118 valence electrons. The Morgan fingerprint density at radius 2 is 1.95 bits per heavy atom. The molecule has 0 unspecified atom stereocenters. The van der Waals surface area contributed by atoms with Gasteiger partial charge in [-0.05, 0) is 35.2 Å². The largest absolute Gasteiger partial charge is 0.380 e. The van der Waals surface area contributed by atoms with Crippen molar-refractivity contribution in [3.05, 3.63) is 48.0 Å². The fourth-order valence-corrected chi connectivity index (χ4v) is 4.46. The average Bonchev–Trinajstić information content (AvgIpc) is 2.55. The number of hydrogen-bond donors (Lipinski definition) is 0. The molecule has 2 aromatic rings. The van der Waals surface area contributed by atoms with Crippen molar-refractivity contribution >= 4 is 20.8 Å². The van der Waals surface area contributed by atoms with E-state index in [1.807, 2.05) is 30.3 Å². The van der Waals surface area contributed by atoms with Crippen LogP contribution in [-0.2, 0) is 21.3 Å². The van der Waals surface area contributed by atoms with Crippen LogP contribution in [0.3, 0.4) is 0 Å². The molecule has 5 heteroatoms. The molecule has 22 heavy (non-hydrogen) atoms. The lowest BCUT2D eigenvalue weighted by atomic mass is 10.1. The molecular formula is C17H21NO3S. The highest BCUT2D eigenvalue weighted by Crippen LogP contribution is 2.21. The molecule has 0 saturated carbocycles. The molecule has 0 spiro atoms. The van der Waals surface area contributed by atoms with Gasteiger partial charge in [0.15, 0.2) is 0 Å². The molecular weight excluding hydrogens is 298 g/mol. The molecule has 1 aliphatic heterocycles. The second-order valence-corrected chi connectivity index (χ2v) is 8.14. The number of fused-ring (bicyclic) bond motifs is 1. The Morgan fingerprint density at radius 1 is 1.18 bits per heavy atom. The summed E-state index contributed by atoms with van der Waals surface area (Å²) in [4.78, 5) is 0. The number of benzene rings is 2. The lowest BCUT2D eigenvalue weighted by Crippen LogP contribution is -2.40. The van der Waals surface area contributed by atoms with Gasteiger partial charge >= 0.3 is 0 Å². The minimum atomic E-state index is -3.31. The summed E-state index contributed by atoms with van der Waals surface area (Å²) in [6.07, 6.45) is 1.50. The van der Waals surface area contributed by atoms with Crippen LogP contribution in [0, 0.1) is 0 Å². The summed E-state index contributed by atoms with van der Waals surface area (Å²) in [5.41, 5.74) is 1.00. The summed E-state index contributed by atoms with van der Waals surface area (Å²) in [6.45, 7) is 1.37. The highest BCUT2D eigenvalue weighted by atomic mass is 32.2. The Kier molecular flexibility index (Phi) is 4.47. The standard InChI is InChI=1S/C17H21NO3S/c1-18(22(19,20)17-7-4-10-21-13-17)12-14-8-9-15-5-2-3-6-16(15)11-14/h2-3,5-6,8-9,11,17H,4,7,10,12-13H2,1H3/t17-/m0/s1. The maximum atomic E-state index is 12.6. The SMILES string of the molecule is CN(Cc1ccc2ccccc2c1)S(=O)(=O)[C@H]1CCCOC1. The van der Waals surface area contributed by atoms with Crippen LogP contribution in [0.4, 0.5) is 0 Å². The lowest BCUT2D eigenvalue weighted by Gasteiger charge is -2.27. The van der Waals surface area contributed by atoms with Crippen molar-refractivity contribution in [2.75, 3.05) is 20.3 Å². The minimum Gasteiger partial charge on any atom is -0.380 e. The Labute approximate surface area is 131 Å². The van der Waals surface area contributed by atoms with Gasteiger partial charge in [0.05, 0.1) is 11.9 Å². The maximum absolute atomic E-state index is 12.6. The van der Waals surface area contributed by atoms with Gasteiger partial charge in [-0.1, -0.05) is 36.4 Å². The molecule has 1 atom stereocenters. The van der Waals surface area contributed by atoms with E-state index in [1.54, 1.807) is 7.05 Å². The van der Waals surface area contributed by atoms with E-state index in [-0.39, 0.29) is 0 Å². The summed E-state index contributed by atoms with van der Waals surface area (Å²) in [6, 6.07) is 14.2. The molecule has 1 aliphatic rings. The zero-order chi connectivity index (χ0) is 15.6. The molecule has 0 radical (unpaired) electrons. The molecule has 1 fully saturated rings. The van der Waals surface area contributed by atoms with E-state index < -0.39 is 15.3 Å². The van der Waals surface area contributed by atoms with Crippen LogP contribution < -0.4 is 0 Å². The Hall–Kier alpha value is -1.43. The van der Waals surface area contributed by atoms with Gasteiger partial charge in [0, 0.05) is 20.2 Å². The van der Waals surface area contributed by atoms with E-state index in [0.717, 1.165) is 22.8 Å². The highest BCUT2D eigenvalue weighted by molar-refractivity contribution is 7.89. The van der Waals surface area contributed by atoms with Gasteiger partial charge in [0.1, 0.15) is 0 Å². The van der Waals surface area contributed by atoms with Gasteiger partial charge in [-0.15, -0.1) is 0 Å². The smallest absolute Gasteiger partial charge is 0.219 e. The number of rotatable bonds is 4. The van der Waals surface area contributed by atoms with E-state index in [9.17, 15) is 8.42 Å². The van der Waals surface area contributed by atoms with Crippen LogP contribution in [0.2, 0.25) is 0 Å². The van der Waals surface area contributed by atoms with Crippen molar-refractivity contribution in [1.29, 1.82) is 0 Å². The zero-order valence-electron chi connectivity index (χ0n) is 12.7.